The normalized spacial score (nSPS) is 38.8. The lowest BCUT2D eigenvalue weighted by Gasteiger charge is -2.48. The summed E-state index contributed by atoms with van der Waals surface area (Å²) in [7, 11) is 0. The van der Waals surface area contributed by atoms with E-state index < -0.39 is 142 Å². The zero-order valence-electron chi connectivity index (χ0n) is 35.2. The van der Waals surface area contributed by atoms with Gasteiger partial charge >= 0.3 is 0 Å². The first-order valence-electron chi connectivity index (χ1n) is 21.2. The summed E-state index contributed by atoms with van der Waals surface area (Å²) in [6, 6.07) is 2.82. The molecule has 19 atom stereocenters. The predicted molar refractivity (Wildman–Crippen MR) is 215 cm³/mol. The van der Waals surface area contributed by atoms with Crippen LogP contribution in [0.1, 0.15) is 43.5 Å². The van der Waals surface area contributed by atoms with Gasteiger partial charge in [0.25, 0.3) is 5.91 Å². The van der Waals surface area contributed by atoms with Gasteiger partial charge in [0, 0.05) is 12.1 Å². The number of unbranched alkanes of at least 4 members (excludes halogenated alkanes) is 1. The third kappa shape index (κ3) is 13.0. The molecule has 4 fully saturated rings. The molecular weight excluding hydrogens is 840 g/mol. The zero-order chi connectivity index (χ0) is 46.0. The average molecular weight is 907 g/mol. The Labute approximate surface area is 364 Å². The van der Waals surface area contributed by atoms with Gasteiger partial charge in [0.05, 0.1) is 44.1 Å². The highest BCUT2D eigenvalue weighted by Crippen LogP contribution is 2.34. The van der Waals surface area contributed by atoms with Gasteiger partial charge in [-0.2, -0.15) is 0 Å². The van der Waals surface area contributed by atoms with Crippen molar-refractivity contribution in [2.45, 2.75) is 150 Å². The maximum atomic E-state index is 12.6. The topological polar surface area (TPSA) is 384 Å². The standard InChI is InChI=1S/C39H66N6O18/c1-17(41)34(54)45-25-26(49)24(42)18(2)57-36(25)62-32-22(14-46)59-38(28(51)27(32)50)61-31-21(48)16-56-37(29(31)52)63-33-23(15-47)60-39(30(33)53)58-20-8-6-19(7-9-20)35(55)44-13-5-12-43-11-4-3-10-40/h6-9,17-18,21-33,36-39,43,46-53H,3-5,10-16,40-42H2,1-2H3,(H,44,55)(H,45,54)/t17-,18-,21-,22-,23+,24-,25-,26+,27-,28-,29-,30-,31-,32+,33-,36+,37+,38+,39+/m0/s1. The van der Waals surface area contributed by atoms with Gasteiger partial charge in [0.2, 0.25) is 12.2 Å². The van der Waals surface area contributed by atoms with Crippen LogP contribution in [0.4, 0.5) is 0 Å². The van der Waals surface area contributed by atoms with Gasteiger partial charge in [-0.1, -0.05) is 0 Å². The maximum absolute atomic E-state index is 12.6. The summed E-state index contributed by atoms with van der Waals surface area (Å²) in [5.41, 5.74) is 17.6. The molecule has 0 aromatic heterocycles. The summed E-state index contributed by atoms with van der Waals surface area (Å²) < 4.78 is 46.2. The van der Waals surface area contributed by atoms with Crippen molar-refractivity contribution in [3.63, 3.8) is 0 Å². The average Bonchev–Trinajstić information content (AvgIpc) is 3.56. The molecule has 24 nitrogen and oxygen atoms in total. The van der Waals surface area contributed by atoms with E-state index in [1.54, 1.807) is 6.92 Å². The van der Waals surface area contributed by atoms with Gasteiger partial charge in [0.1, 0.15) is 72.8 Å². The van der Waals surface area contributed by atoms with E-state index in [1.807, 2.05) is 0 Å². The quantitative estimate of drug-likeness (QED) is 0.0510. The van der Waals surface area contributed by atoms with Crippen molar-refractivity contribution in [1.82, 2.24) is 16.0 Å². The van der Waals surface area contributed by atoms with E-state index in [-0.39, 0.29) is 11.7 Å². The first-order chi connectivity index (χ1) is 30.1. The predicted octanol–water partition coefficient (Wildman–Crippen LogP) is -6.47. The number of benzene rings is 1. The molecule has 2 amide bonds. The van der Waals surface area contributed by atoms with E-state index in [0.29, 0.717) is 18.7 Å². The molecule has 17 N–H and O–H groups in total. The van der Waals surface area contributed by atoms with E-state index >= 15 is 0 Å². The SMILES string of the molecule is C[C@H](N)C(=O)N[C@@H]1[C@@H](O[C@H]2[C@@H](O)[C@H](O)[C@@H](O[C@@H]3[C@H](O)[C@@H](O[C@@H]4[C@H](O)[C@H](Oc5ccc(C(=O)NCCCNCCCCN)cc5)O[C@@H]4CO)OC[C@@H]3O)O[C@H]2CO)O[C@@H](C)[C@H](N)[C@H]1O. The summed E-state index contributed by atoms with van der Waals surface area (Å²) in [5, 5.41) is 95.6. The molecule has 1 aromatic carbocycles. The Kier molecular flexibility index (Phi) is 19.6. The third-order valence-corrected chi connectivity index (χ3v) is 11.3. The van der Waals surface area contributed by atoms with Gasteiger partial charge in [-0.25, -0.2) is 0 Å². The molecule has 4 heterocycles. The van der Waals surface area contributed by atoms with E-state index in [1.165, 1.54) is 31.2 Å². The van der Waals surface area contributed by atoms with Gasteiger partial charge in [-0.05, 0) is 77.0 Å². The molecule has 63 heavy (non-hydrogen) atoms. The molecule has 4 aliphatic rings. The van der Waals surface area contributed by atoms with Gasteiger partial charge < -0.3 is 112 Å². The smallest absolute Gasteiger partial charge is 0.251 e. The van der Waals surface area contributed by atoms with Gasteiger partial charge in [-0.3, -0.25) is 9.59 Å². The van der Waals surface area contributed by atoms with Crippen molar-refractivity contribution in [2.24, 2.45) is 17.2 Å². The number of carbonyl (C=O) groups excluding carboxylic acids is 2. The molecule has 360 valence electrons. The second-order valence-corrected chi connectivity index (χ2v) is 16.1. The molecule has 0 bridgehead atoms. The first kappa shape index (κ1) is 51.2. The summed E-state index contributed by atoms with van der Waals surface area (Å²) in [4.78, 5) is 25.1. The van der Waals surface area contributed by atoms with Crippen LogP contribution in [-0.4, -0.2) is 215 Å². The van der Waals surface area contributed by atoms with Crippen LogP contribution in [-0.2, 0) is 38.0 Å². The van der Waals surface area contributed by atoms with Crippen molar-refractivity contribution in [1.29, 1.82) is 0 Å². The third-order valence-electron chi connectivity index (χ3n) is 11.3. The molecule has 4 aliphatic heterocycles. The highest BCUT2D eigenvalue weighted by Gasteiger charge is 2.54. The largest absolute Gasteiger partial charge is 0.462 e. The number of aliphatic hydroxyl groups excluding tert-OH is 8. The zero-order valence-corrected chi connectivity index (χ0v) is 35.2. The Hall–Kier alpha value is -2.80. The number of nitrogens with two attached hydrogens (primary N) is 3. The van der Waals surface area contributed by atoms with E-state index in [9.17, 15) is 50.4 Å². The van der Waals surface area contributed by atoms with Crippen molar-refractivity contribution in [2.75, 3.05) is 46.0 Å². The number of hydrogen-bond donors (Lipinski definition) is 14. The molecule has 0 radical (unpaired) electrons. The van der Waals surface area contributed by atoms with Crippen molar-refractivity contribution >= 4 is 11.8 Å². The van der Waals surface area contributed by atoms with Gasteiger partial charge in [-0.15, -0.1) is 0 Å². The minimum absolute atomic E-state index is 0.220. The number of nitrogens with one attached hydrogen (secondary N) is 3. The second-order valence-electron chi connectivity index (χ2n) is 16.1. The number of aliphatic hydroxyl groups is 8. The van der Waals surface area contributed by atoms with Crippen molar-refractivity contribution in [3.05, 3.63) is 29.8 Å². The molecular formula is C39H66N6O18. The first-order valence-corrected chi connectivity index (χ1v) is 21.2. The maximum Gasteiger partial charge on any atom is 0.251 e. The fourth-order valence-electron chi connectivity index (χ4n) is 7.46. The van der Waals surface area contributed by atoms with Crippen LogP contribution in [0.5, 0.6) is 5.75 Å². The number of amides is 2. The summed E-state index contributed by atoms with van der Waals surface area (Å²) >= 11 is 0. The van der Waals surface area contributed by atoms with Crippen LogP contribution in [0.3, 0.4) is 0 Å². The molecule has 5 rings (SSSR count). The van der Waals surface area contributed by atoms with Crippen molar-refractivity contribution in [3.8, 4) is 5.75 Å². The Morgan fingerprint density at radius 1 is 0.762 bits per heavy atom. The molecule has 1 aromatic rings. The Bertz CT molecular complexity index is 1560. The highest BCUT2D eigenvalue weighted by molar-refractivity contribution is 5.94. The fraction of sp³-hybridized carbons (Fsp3) is 0.795. The number of carbonyl (C=O) groups is 2. The van der Waals surface area contributed by atoms with Crippen LogP contribution < -0.4 is 37.9 Å². The van der Waals surface area contributed by atoms with E-state index in [0.717, 1.165) is 32.4 Å². The van der Waals surface area contributed by atoms with E-state index in [4.69, 9.17) is 55.1 Å². The van der Waals surface area contributed by atoms with Crippen LogP contribution >= 0.6 is 0 Å². The van der Waals surface area contributed by atoms with Gasteiger partial charge in [0.15, 0.2) is 18.9 Å². The Balaban J connectivity index is 1.16. The Morgan fingerprint density at radius 2 is 1.37 bits per heavy atom. The van der Waals surface area contributed by atoms with Crippen LogP contribution in [0, 0.1) is 0 Å². The lowest BCUT2D eigenvalue weighted by molar-refractivity contribution is -0.368. The van der Waals surface area contributed by atoms with Crippen molar-refractivity contribution < 1.29 is 88.3 Å². The number of ether oxygens (including phenoxy) is 8. The van der Waals surface area contributed by atoms with Crippen LogP contribution in [0.2, 0.25) is 0 Å². The number of hydrogen-bond acceptors (Lipinski definition) is 22. The summed E-state index contributed by atoms with van der Waals surface area (Å²) in [6.07, 6.45) is -21.7. The molecule has 0 unspecified atom stereocenters. The fourth-order valence-corrected chi connectivity index (χ4v) is 7.46. The molecule has 0 spiro atoms. The molecule has 0 aliphatic carbocycles. The summed E-state index contributed by atoms with van der Waals surface area (Å²) in [6.45, 7) is 3.71. The lowest BCUT2D eigenvalue weighted by Crippen LogP contribution is -2.69. The Morgan fingerprint density at radius 3 is 2.02 bits per heavy atom. The molecule has 24 heteroatoms. The highest BCUT2D eigenvalue weighted by atomic mass is 16.8. The lowest BCUT2D eigenvalue weighted by atomic mass is 9.94. The monoisotopic (exact) mass is 906 g/mol. The van der Waals surface area contributed by atoms with E-state index in [2.05, 4.69) is 16.0 Å². The second kappa shape index (κ2) is 24.1. The van der Waals surface area contributed by atoms with Crippen LogP contribution in [0.25, 0.3) is 0 Å². The minimum Gasteiger partial charge on any atom is -0.462 e. The molecule has 0 saturated carbocycles. The van der Waals surface area contributed by atoms with Crippen LogP contribution in [0.15, 0.2) is 24.3 Å². The summed E-state index contributed by atoms with van der Waals surface area (Å²) in [5.74, 6) is -0.739. The molecule has 4 saturated heterocycles. The minimum atomic E-state index is -1.95. The number of rotatable bonds is 21.